The molecule has 1 aliphatic heterocycles. The maximum atomic E-state index is 12.3. The molecule has 0 aromatic heterocycles. The molecule has 2 aromatic carbocycles. The Balaban J connectivity index is 1.63. The Hall–Kier alpha value is -3.61. The van der Waals surface area contributed by atoms with Gasteiger partial charge in [-0.15, -0.1) is 0 Å². The van der Waals surface area contributed by atoms with Crippen LogP contribution in [-0.4, -0.2) is 24.4 Å². The highest BCUT2D eigenvalue weighted by molar-refractivity contribution is 6.03. The van der Waals surface area contributed by atoms with Crippen molar-refractivity contribution in [1.29, 1.82) is 0 Å². The van der Waals surface area contributed by atoms with Gasteiger partial charge in [0.2, 0.25) is 5.91 Å². The van der Waals surface area contributed by atoms with Gasteiger partial charge in [-0.3, -0.25) is 15.0 Å². The Bertz CT molecular complexity index is 880. The third-order valence-electron chi connectivity index (χ3n) is 4.22. The Morgan fingerprint density at radius 1 is 1.04 bits per heavy atom. The first-order valence-corrected chi connectivity index (χ1v) is 8.58. The fraction of sp³-hybridized carbons (Fsp3) is 0.150. The van der Waals surface area contributed by atoms with Crippen molar-refractivity contribution < 1.29 is 14.4 Å². The van der Waals surface area contributed by atoms with Gasteiger partial charge < -0.3 is 10.2 Å². The summed E-state index contributed by atoms with van der Waals surface area (Å²) in [6, 6.07) is 13.5. The van der Waals surface area contributed by atoms with Gasteiger partial charge in [-0.25, -0.2) is 10.2 Å². The Labute approximate surface area is 157 Å². The molecule has 3 rings (SSSR count). The van der Waals surface area contributed by atoms with Gasteiger partial charge in [0, 0.05) is 23.5 Å². The van der Waals surface area contributed by atoms with Crippen LogP contribution in [0.2, 0.25) is 0 Å². The van der Waals surface area contributed by atoms with Crippen LogP contribution < -0.4 is 21.1 Å². The van der Waals surface area contributed by atoms with Crippen LogP contribution in [0, 0.1) is 0 Å². The Morgan fingerprint density at radius 2 is 1.81 bits per heavy atom. The maximum Gasteiger partial charge on any atom is 0.337 e. The van der Waals surface area contributed by atoms with Gasteiger partial charge in [0.1, 0.15) is 0 Å². The van der Waals surface area contributed by atoms with E-state index in [1.165, 1.54) is 6.08 Å². The van der Waals surface area contributed by atoms with E-state index in [1.807, 2.05) is 6.07 Å². The van der Waals surface area contributed by atoms with Crippen LogP contribution in [0.3, 0.4) is 0 Å². The van der Waals surface area contributed by atoms with Gasteiger partial charge in [0.25, 0.3) is 5.91 Å². The van der Waals surface area contributed by atoms with Crippen LogP contribution in [0.5, 0.6) is 0 Å². The molecule has 0 atom stereocenters. The first kappa shape index (κ1) is 18.2. The standard InChI is InChI=1S/C20H20N4O3/c1-2-18(25)24-12-6-7-14-13-15(10-11-17(14)24)19(26)22-23-20(27)21-16-8-4-3-5-9-16/h2-5,8-11,13H,1,6-7,12H2,(H,22,26)(H2,21,23,27). The first-order chi connectivity index (χ1) is 13.1. The van der Waals surface area contributed by atoms with E-state index in [4.69, 9.17) is 0 Å². The number of nitrogens with zero attached hydrogens (tertiary/aromatic N) is 1. The molecule has 0 unspecified atom stereocenters. The number of hydrogen-bond acceptors (Lipinski definition) is 3. The van der Waals surface area contributed by atoms with E-state index >= 15 is 0 Å². The molecule has 0 bridgehead atoms. The molecule has 0 radical (unpaired) electrons. The van der Waals surface area contributed by atoms with Crippen LogP contribution in [0.15, 0.2) is 61.2 Å². The molecule has 0 spiro atoms. The second-order valence-corrected chi connectivity index (χ2v) is 6.04. The number of aryl methyl sites for hydroxylation is 1. The van der Waals surface area contributed by atoms with E-state index < -0.39 is 11.9 Å². The molecule has 3 N–H and O–H groups in total. The van der Waals surface area contributed by atoms with Crippen molar-refractivity contribution in [3.05, 3.63) is 72.3 Å². The minimum atomic E-state index is -0.546. The van der Waals surface area contributed by atoms with Crippen molar-refractivity contribution in [3.63, 3.8) is 0 Å². The average molecular weight is 364 g/mol. The average Bonchev–Trinajstić information content (AvgIpc) is 2.71. The van der Waals surface area contributed by atoms with E-state index in [2.05, 4.69) is 22.7 Å². The van der Waals surface area contributed by atoms with E-state index in [9.17, 15) is 14.4 Å². The molecule has 0 fully saturated rings. The Kier molecular flexibility index (Phi) is 5.51. The zero-order chi connectivity index (χ0) is 19.2. The molecule has 1 aliphatic rings. The number of nitrogens with one attached hydrogen (secondary N) is 3. The van der Waals surface area contributed by atoms with Gasteiger partial charge in [0.05, 0.1) is 0 Å². The molecule has 7 nitrogen and oxygen atoms in total. The van der Waals surface area contributed by atoms with Gasteiger partial charge in [0.15, 0.2) is 0 Å². The summed E-state index contributed by atoms with van der Waals surface area (Å²) in [5.41, 5.74) is 7.42. The number of carbonyl (C=O) groups is 3. The minimum Gasteiger partial charge on any atom is -0.309 e. The van der Waals surface area contributed by atoms with E-state index in [0.29, 0.717) is 17.8 Å². The Morgan fingerprint density at radius 3 is 2.56 bits per heavy atom. The number of urea groups is 1. The van der Waals surface area contributed by atoms with Gasteiger partial charge in [-0.05, 0) is 54.8 Å². The predicted octanol–water partition coefficient (Wildman–Crippen LogP) is 2.62. The topological polar surface area (TPSA) is 90.5 Å². The number of carbonyl (C=O) groups excluding carboxylic acids is 3. The van der Waals surface area contributed by atoms with Gasteiger partial charge >= 0.3 is 6.03 Å². The smallest absolute Gasteiger partial charge is 0.309 e. The summed E-state index contributed by atoms with van der Waals surface area (Å²) in [5.74, 6) is -0.597. The molecular formula is C20H20N4O3. The third-order valence-corrected chi connectivity index (χ3v) is 4.22. The largest absolute Gasteiger partial charge is 0.337 e. The first-order valence-electron chi connectivity index (χ1n) is 8.58. The highest BCUT2D eigenvalue weighted by Gasteiger charge is 2.22. The molecule has 7 heteroatoms. The summed E-state index contributed by atoms with van der Waals surface area (Å²) in [5, 5.41) is 2.61. The molecule has 1 heterocycles. The highest BCUT2D eigenvalue weighted by atomic mass is 16.2. The molecule has 2 aromatic rings. The van der Waals surface area contributed by atoms with Crippen LogP contribution in [0.25, 0.3) is 0 Å². The number of hydrogen-bond donors (Lipinski definition) is 3. The molecule has 138 valence electrons. The van der Waals surface area contributed by atoms with Crippen molar-refractivity contribution in [2.45, 2.75) is 12.8 Å². The summed E-state index contributed by atoms with van der Waals surface area (Å²) in [6.07, 6.45) is 2.87. The molecule has 0 saturated carbocycles. The van der Waals surface area contributed by atoms with Crippen LogP contribution >= 0.6 is 0 Å². The van der Waals surface area contributed by atoms with Gasteiger partial charge in [-0.1, -0.05) is 24.8 Å². The summed E-state index contributed by atoms with van der Waals surface area (Å²) >= 11 is 0. The SMILES string of the molecule is C=CC(=O)N1CCCc2cc(C(=O)NNC(=O)Nc3ccccc3)ccc21. The fourth-order valence-corrected chi connectivity index (χ4v) is 2.95. The summed E-state index contributed by atoms with van der Waals surface area (Å²) in [6.45, 7) is 4.15. The number of benzene rings is 2. The van der Waals surface area contributed by atoms with Crippen molar-refractivity contribution >= 4 is 29.2 Å². The van der Waals surface area contributed by atoms with Crippen molar-refractivity contribution in [2.24, 2.45) is 0 Å². The summed E-state index contributed by atoms with van der Waals surface area (Å²) < 4.78 is 0. The van der Waals surface area contributed by atoms with E-state index in [1.54, 1.807) is 47.4 Å². The lowest BCUT2D eigenvalue weighted by molar-refractivity contribution is -0.114. The van der Waals surface area contributed by atoms with Gasteiger partial charge in [-0.2, -0.15) is 0 Å². The van der Waals surface area contributed by atoms with Crippen molar-refractivity contribution in [2.75, 3.05) is 16.8 Å². The predicted molar refractivity (Wildman–Crippen MR) is 103 cm³/mol. The van der Waals surface area contributed by atoms with Crippen molar-refractivity contribution in [1.82, 2.24) is 10.9 Å². The van der Waals surface area contributed by atoms with E-state index in [0.717, 1.165) is 24.1 Å². The van der Waals surface area contributed by atoms with Crippen LogP contribution in [0.1, 0.15) is 22.3 Å². The van der Waals surface area contributed by atoms with Crippen LogP contribution in [-0.2, 0) is 11.2 Å². The number of amides is 4. The van der Waals surface area contributed by atoms with E-state index in [-0.39, 0.29) is 5.91 Å². The molecule has 0 saturated heterocycles. The quantitative estimate of drug-likeness (QED) is 0.578. The number of hydrazine groups is 1. The monoisotopic (exact) mass is 364 g/mol. The molecular weight excluding hydrogens is 344 g/mol. The lowest BCUT2D eigenvalue weighted by Crippen LogP contribution is -2.44. The van der Waals surface area contributed by atoms with Crippen molar-refractivity contribution in [3.8, 4) is 0 Å². The summed E-state index contributed by atoms with van der Waals surface area (Å²) in [4.78, 5) is 37.8. The normalized spacial score (nSPS) is 12.5. The number of anilines is 2. The number of para-hydroxylation sites is 1. The number of rotatable bonds is 3. The lowest BCUT2D eigenvalue weighted by Gasteiger charge is -2.28. The molecule has 0 aliphatic carbocycles. The second-order valence-electron chi connectivity index (χ2n) is 6.04. The number of fused-ring (bicyclic) bond motifs is 1. The van der Waals surface area contributed by atoms with Crippen LogP contribution in [0.4, 0.5) is 16.2 Å². The molecule has 27 heavy (non-hydrogen) atoms. The summed E-state index contributed by atoms with van der Waals surface area (Å²) in [7, 11) is 0. The zero-order valence-corrected chi connectivity index (χ0v) is 14.7. The fourth-order valence-electron chi connectivity index (χ4n) is 2.95. The maximum absolute atomic E-state index is 12.3. The lowest BCUT2D eigenvalue weighted by atomic mass is 9.99. The third kappa shape index (κ3) is 4.33. The minimum absolute atomic E-state index is 0.160. The molecule has 4 amide bonds. The zero-order valence-electron chi connectivity index (χ0n) is 14.7. The second kappa shape index (κ2) is 8.18. The highest BCUT2D eigenvalue weighted by Crippen LogP contribution is 2.28.